The summed E-state index contributed by atoms with van der Waals surface area (Å²) in [6, 6.07) is 2.00. The highest BCUT2D eigenvalue weighted by Gasteiger charge is 2.09. The molecule has 0 bridgehead atoms. The monoisotopic (exact) mass is 202 g/mol. The van der Waals surface area contributed by atoms with Gasteiger partial charge in [-0.05, 0) is 25.0 Å². The number of carbonyl (C=O) groups excluding carboxylic acids is 1. The molecule has 0 radical (unpaired) electrons. The summed E-state index contributed by atoms with van der Waals surface area (Å²) in [5.74, 6) is 0.668. The number of rotatable bonds is 2. The average Bonchev–Trinajstić information content (AvgIpc) is 2.66. The van der Waals surface area contributed by atoms with E-state index in [0.717, 1.165) is 11.1 Å². The Hall–Kier alpha value is -2.04. The van der Waals surface area contributed by atoms with Crippen LogP contribution in [0.5, 0.6) is 0 Å². The number of pyridine rings is 1. The fourth-order valence-electron chi connectivity index (χ4n) is 1.38. The molecule has 5 nitrogen and oxygen atoms in total. The molecule has 0 amide bonds. The molecule has 0 aliphatic carbocycles. The van der Waals surface area contributed by atoms with Crippen molar-refractivity contribution in [2.24, 2.45) is 0 Å². The maximum atomic E-state index is 10.4. The zero-order valence-corrected chi connectivity index (χ0v) is 8.48. The number of aromatic amines is 1. The molecule has 0 unspecified atom stereocenters. The Kier molecular flexibility index (Phi) is 2.29. The molecule has 15 heavy (non-hydrogen) atoms. The molecule has 2 aromatic heterocycles. The first-order chi connectivity index (χ1) is 7.20. The molecule has 2 aromatic rings. The van der Waals surface area contributed by atoms with Crippen molar-refractivity contribution in [2.75, 3.05) is 0 Å². The van der Waals surface area contributed by atoms with Crippen LogP contribution in [0.15, 0.2) is 12.3 Å². The van der Waals surface area contributed by atoms with Crippen molar-refractivity contribution in [3.05, 3.63) is 29.2 Å². The standard InChI is InChI=1S/C10H10N4O/c1-6-3-7(2)9(11-4-6)10-12-8(5-15)13-14-10/h3-5H,1-2H3,(H,12,13,14). The van der Waals surface area contributed by atoms with E-state index in [4.69, 9.17) is 0 Å². The summed E-state index contributed by atoms with van der Waals surface area (Å²) in [6.07, 6.45) is 2.37. The van der Waals surface area contributed by atoms with Crippen molar-refractivity contribution in [1.29, 1.82) is 0 Å². The molecule has 0 aliphatic heterocycles. The van der Waals surface area contributed by atoms with E-state index in [2.05, 4.69) is 20.2 Å². The minimum absolute atomic E-state index is 0.215. The molecule has 1 N–H and O–H groups in total. The molecule has 0 fully saturated rings. The van der Waals surface area contributed by atoms with E-state index < -0.39 is 0 Å². The van der Waals surface area contributed by atoms with Gasteiger partial charge in [-0.3, -0.25) is 14.9 Å². The molecular weight excluding hydrogens is 192 g/mol. The Morgan fingerprint density at radius 3 is 2.80 bits per heavy atom. The number of H-pyrrole nitrogens is 1. The first-order valence-electron chi connectivity index (χ1n) is 4.52. The second-order valence-corrected chi connectivity index (χ2v) is 3.34. The van der Waals surface area contributed by atoms with Crippen LogP contribution in [0.4, 0.5) is 0 Å². The van der Waals surface area contributed by atoms with Crippen molar-refractivity contribution < 1.29 is 4.79 Å². The minimum atomic E-state index is 0.215. The molecule has 2 rings (SSSR count). The van der Waals surface area contributed by atoms with Gasteiger partial charge in [0.1, 0.15) is 5.69 Å². The van der Waals surface area contributed by atoms with Gasteiger partial charge in [0, 0.05) is 6.20 Å². The summed E-state index contributed by atoms with van der Waals surface area (Å²) in [4.78, 5) is 18.7. The Labute approximate surface area is 86.6 Å². The number of aryl methyl sites for hydroxylation is 2. The summed E-state index contributed by atoms with van der Waals surface area (Å²) < 4.78 is 0. The molecule has 5 heteroatoms. The van der Waals surface area contributed by atoms with Crippen LogP contribution in [-0.2, 0) is 0 Å². The zero-order chi connectivity index (χ0) is 10.8. The van der Waals surface area contributed by atoms with Gasteiger partial charge in [-0.15, -0.1) is 0 Å². The van der Waals surface area contributed by atoms with Crippen molar-refractivity contribution in [3.63, 3.8) is 0 Å². The van der Waals surface area contributed by atoms with Crippen molar-refractivity contribution in [1.82, 2.24) is 20.2 Å². The predicted molar refractivity (Wildman–Crippen MR) is 54.5 cm³/mol. The minimum Gasteiger partial charge on any atom is -0.294 e. The van der Waals surface area contributed by atoms with E-state index in [9.17, 15) is 4.79 Å². The predicted octanol–water partition coefficient (Wildman–Crippen LogP) is 1.30. The van der Waals surface area contributed by atoms with Gasteiger partial charge < -0.3 is 0 Å². The van der Waals surface area contributed by atoms with Gasteiger partial charge in [0.05, 0.1) is 0 Å². The molecule has 0 saturated carbocycles. The number of carbonyl (C=O) groups is 1. The van der Waals surface area contributed by atoms with Gasteiger partial charge in [-0.1, -0.05) is 6.07 Å². The smallest absolute Gasteiger partial charge is 0.200 e. The van der Waals surface area contributed by atoms with Gasteiger partial charge in [0.25, 0.3) is 0 Å². The summed E-state index contributed by atoms with van der Waals surface area (Å²) in [7, 11) is 0. The van der Waals surface area contributed by atoms with E-state index in [1.54, 1.807) is 6.20 Å². The van der Waals surface area contributed by atoms with Gasteiger partial charge in [0.2, 0.25) is 0 Å². The normalized spacial score (nSPS) is 10.3. The van der Waals surface area contributed by atoms with E-state index in [0.29, 0.717) is 17.8 Å². The van der Waals surface area contributed by atoms with Crippen molar-refractivity contribution >= 4 is 6.29 Å². The lowest BCUT2D eigenvalue weighted by molar-refractivity contribution is 0.111. The van der Waals surface area contributed by atoms with E-state index in [1.807, 2.05) is 19.9 Å². The van der Waals surface area contributed by atoms with Gasteiger partial charge >= 0.3 is 0 Å². The lowest BCUT2D eigenvalue weighted by Crippen LogP contribution is -1.91. The topological polar surface area (TPSA) is 71.5 Å². The fraction of sp³-hybridized carbons (Fsp3) is 0.200. The Morgan fingerprint density at radius 2 is 2.20 bits per heavy atom. The van der Waals surface area contributed by atoms with Crippen LogP contribution in [0, 0.1) is 13.8 Å². The Morgan fingerprint density at radius 1 is 1.40 bits per heavy atom. The number of hydrogen-bond donors (Lipinski definition) is 1. The molecule has 2 heterocycles. The number of nitrogens with zero attached hydrogens (tertiary/aromatic N) is 3. The molecule has 76 valence electrons. The van der Waals surface area contributed by atoms with Gasteiger partial charge in [-0.25, -0.2) is 4.98 Å². The quantitative estimate of drug-likeness (QED) is 0.745. The van der Waals surface area contributed by atoms with Crippen molar-refractivity contribution in [2.45, 2.75) is 13.8 Å². The van der Waals surface area contributed by atoms with Gasteiger partial charge in [0.15, 0.2) is 17.9 Å². The zero-order valence-electron chi connectivity index (χ0n) is 8.48. The van der Waals surface area contributed by atoms with Crippen LogP contribution >= 0.6 is 0 Å². The SMILES string of the molecule is Cc1cnc(-c2n[nH]c(C=O)n2)c(C)c1. The second-order valence-electron chi connectivity index (χ2n) is 3.34. The summed E-state index contributed by atoms with van der Waals surface area (Å²) >= 11 is 0. The summed E-state index contributed by atoms with van der Waals surface area (Å²) in [5, 5.41) is 6.44. The molecular formula is C10H10N4O. The highest BCUT2D eigenvalue weighted by atomic mass is 16.1. The molecule has 0 aromatic carbocycles. The number of aldehydes is 1. The lowest BCUT2D eigenvalue weighted by atomic mass is 10.1. The third kappa shape index (κ3) is 1.76. The van der Waals surface area contributed by atoms with Crippen LogP contribution in [0.2, 0.25) is 0 Å². The van der Waals surface area contributed by atoms with E-state index >= 15 is 0 Å². The molecule has 0 atom stereocenters. The molecule has 0 saturated heterocycles. The maximum Gasteiger partial charge on any atom is 0.200 e. The maximum absolute atomic E-state index is 10.4. The average molecular weight is 202 g/mol. The van der Waals surface area contributed by atoms with Crippen LogP contribution in [0.25, 0.3) is 11.5 Å². The number of nitrogens with one attached hydrogen (secondary N) is 1. The van der Waals surface area contributed by atoms with Crippen LogP contribution in [0.1, 0.15) is 21.7 Å². The second kappa shape index (κ2) is 3.61. The number of aromatic nitrogens is 4. The highest BCUT2D eigenvalue weighted by Crippen LogP contribution is 2.16. The molecule has 0 aliphatic rings. The van der Waals surface area contributed by atoms with Gasteiger partial charge in [-0.2, -0.15) is 5.10 Å². The number of hydrogen-bond acceptors (Lipinski definition) is 4. The molecule has 0 spiro atoms. The largest absolute Gasteiger partial charge is 0.294 e. The Balaban J connectivity index is 2.49. The lowest BCUT2D eigenvalue weighted by Gasteiger charge is -2.00. The fourth-order valence-corrected chi connectivity index (χ4v) is 1.38. The van der Waals surface area contributed by atoms with Crippen LogP contribution < -0.4 is 0 Å². The third-order valence-electron chi connectivity index (χ3n) is 2.04. The first kappa shape index (κ1) is 9.51. The highest BCUT2D eigenvalue weighted by molar-refractivity contribution is 5.70. The van der Waals surface area contributed by atoms with E-state index in [-0.39, 0.29) is 5.82 Å². The summed E-state index contributed by atoms with van der Waals surface area (Å²) in [5.41, 5.74) is 2.78. The van der Waals surface area contributed by atoms with Crippen LogP contribution in [-0.4, -0.2) is 26.5 Å². The first-order valence-corrected chi connectivity index (χ1v) is 4.52. The summed E-state index contributed by atoms with van der Waals surface area (Å²) in [6.45, 7) is 3.91. The van der Waals surface area contributed by atoms with E-state index in [1.165, 1.54) is 0 Å². The third-order valence-corrected chi connectivity index (χ3v) is 2.04. The van der Waals surface area contributed by atoms with Crippen molar-refractivity contribution in [3.8, 4) is 11.5 Å². The van der Waals surface area contributed by atoms with Crippen LogP contribution in [0.3, 0.4) is 0 Å². The Bertz CT molecular complexity index is 504.